The molecule has 0 radical (unpaired) electrons. The quantitative estimate of drug-likeness (QED) is 0.620. The number of benzene rings is 1. The minimum Gasteiger partial charge on any atom is -0.381 e. The van der Waals surface area contributed by atoms with E-state index in [-0.39, 0.29) is 5.41 Å². The topological polar surface area (TPSA) is 45.7 Å². The van der Waals surface area contributed by atoms with Gasteiger partial charge >= 0.3 is 0 Å². The molecule has 0 aromatic heterocycles. The largest absolute Gasteiger partial charge is 0.381 e. The number of hydrogen-bond donors (Lipinski definition) is 2. The second kappa shape index (κ2) is 8.53. The number of aliphatic imine (C=N–C) groups is 1. The predicted octanol–water partition coefficient (Wildman–Crippen LogP) is 3.07. The Kier molecular flexibility index (Phi) is 6.70. The molecule has 0 unspecified atom stereocenters. The molecule has 0 spiro atoms. The maximum absolute atomic E-state index is 5.58. The van der Waals surface area contributed by atoms with Crippen LogP contribution in [-0.2, 0) is 10.2 Å². The molecule has 5 heteroatoms. The van der Waals surface area contributed by atoms with Crippen molar-refractivity contribution < 1.29 is 4.74 Å². The van der Waals surface area contributed by atoms with Gasteiger partial charge in [-0.25, -0.2) is 0 Å². The average Bonchev–Trinajstić information content (AvgIpc) is 2.54. The second-order valence-electron chi connectivity index (χ2n) is 5.63. The van der Waals surface area contributed by atoms with Crippen molar-refractivity contribution in [3.05, 3.63) is 34.3 Å². The lowest BCUT2D eigenvalue weighted by Crippen LogP contribution is -2.41. The summed E-state index contributed by atoms with van der Waals surface area (Å²) in [5.41, 5.74) is 1.43. The van der Waals surface area contributed by atoms with E-state index >= 15 is 0 Å². The lowest BCUT2D eigenvalue weighted by Gasteiger charge is -2.36. The van der Waals surface area contributed by atoms with Crippen molar-refractivity contribution in [3.8, 4) is 0 Å². The molecule has 1 fully saturated rings. The Morgan fingerprint density at radius 2 is 1.73 bits per heavy atom. The Bertz CT molecular complexity index is 473. The maximum atomic E-state index is 5.58. The van der Waals surface area contributed by atoms with Crippen LogP contribution in [0.5, 0.6) is 0 Å². The molecule has 1 heterocycles. The van der Waals surface area contributed by atoms with Gasteiger partial charge < -0.3 is 15.4 Å². The summed E-state index contributed by atoms with van der Waals surface area (Å²) in [5, 5.41) is 6.60. The third kappa shape index (κ3) is 4.46. The first-order valence-electron chi connectivity index (χ1n) is 8.06. The fourth-order valence-corrected chi connectivity index (χ4v) is 3.11. The third-order valence-electron chi connectivity index (χ3n) is 4.13. The van der Waals surface area contributed by atoms with Gasteiger partial charge in [0.05, 0.1) is 6.54 Å². The Morgan fingerprint density at radius 3 is 2.27 bits per heavy atom. The molecule has 0 saturated carbocycles. The number of hydrogen-bond acceptors (Lipinski definition) is 2. The molecule has 1 aliphatic heterocycles. The number of nitrogens with zero attached hydrogens (tertiary/aromatic N) is 1. The van der Waals surface area contributed by atoms with Gasteiger partial charge in [0.25, 0.3) is 0 Å². The molecule has 0 amide bonds. The highest BCUT2D eigenvalue weighted by molar-refractivity contribution is 9.10. The van der Waals surface area contributed by atoms with Crippen LogP contribution in [0.15, 0.2) is 33.7 Å². The smallest absolute Gasteiger partial charge is 0.191 e. The number of guanidine groups is 1. The fourth-order valence-electron chi connectivity index (χ4n) is 2.84. The molecular weight excluding hydrogens is 342 g/mol. The summed E-state index contributed by atoms with van der Waals surface area (Å²) < 4.78 is 6.70. The highest BCUT2D eigenvalue weighted by Crippen LogP contribution is 2.35. The number of rotatable bonds is 5. The Hall–Kier alpha value is -1.07. The van der Waals surface area contributed by atoms with Crippen LogP contribution in [0, 0.1) is 0 Å². The molecule has 0 bridgehead atoms. The summed E-state index contributed by atoms with van der Waals surface area (Å²) in [4.78, 5) is 4.83. The molecule has 2 rings (SSSR count). The maximum Gasteiger partial charge on any atom is 0.191 e. The molecule has 1 saturated heterocycles. The van der Waals surface area contributed by atoms with E-state index in [4.69, 9.17) is 9.73 Å². The van der Waals surface area contributed by atoms with Crippen LogP contribution in [0.2, 0.25) is 0 Å². The van der Waals surface area contributed by atoms with E-state index < -0.39 is 0 Å². The molecule has 4 nitrogen and oxygen atoms in total. The van der Waals surface area contributed by atoms with Crippen LogP contribution in [0.4, 0.5) is 0 Å². The van der Waals surface area contributed by atoms with Crippen LogP contribution < -0.4 is 10.6 Å². The summed E-state index contributed by atoms with van der Waals surface area (Å²) in [5.74, 6) is 0.896. The predicted molar refractivity (Wildman–Crippen MR) is 95.5 cm³/mol. The summed E-state index contributed by atoms with van der Waals surface area (Å²) >= 11 is 3.52. The normalized spacial score (nSPS) is 16.9. The Morgan fingerprint density at radius 1 is 1.14 bits per heavy atom. The first-order chi connectivity index (χ1) is 10.7. The van der Waals surface area contributed by atoms with Crippen LogP contribution in [0.1, 0.15) is 32.3 Å². The van der Waals surface area contributed by atoms with Gasteiger partial charge in [-0.15, -0.1) is 0 Å². The van der Waals surface area contributed by atoms with E-state index in [1.165, 1.54) is 5.56 Å². The van der Waals surface area contributed by atoms with Crippen molar-refractivity contribution in [2.24, 2.45) is 4.99 Å². The highest BCUT2D eigenvalue weighted by Gasteiger charge is 2.34. The minimum atomic E-state index is 0.0784. The van der Waals surface area contributed by atoms with Gasteiger partial charge in [-0.3, -0.25) is 4.99 Å². The molecule has 1 aromatic carbocycles. The molecule has 0 atom stereocenters. The molecule has 0 aliphatic carbocycles. The Balaban J connectivity index is 2.21. The van der Waals surface area contributed by atoms with E-state index in [1.807, 2.05) is 0 Å². The molecule has 1 aromatic rings. The molecule has 2 N–H and O–H groups in total. The van der Waals surface area contributed by atoms with E-state index in [2.05, 4.69) is 64.7 Å². The zero-order chi connectivity index (χ0) is 15.8. The average molecular weight is 368 g/mol. The van der Waals surface area contributed by atoms with Crippen LogP contribution in [0.3, 0.4) is 0 Å². The van der Waals surface area contributed by atoms with Crippen LogP contribution >= 0.6 is 15.9 Å². The van der Waals surface area contributed by atoms with Crippen molar-refractivity contribution in [2.45, 2.75) is 32.1 Å². The van der Waals surface area contributed by atoms with Gasteiger partial charge in [0.15, 0.2) is 5.96 Å². The van der Waals surface area contributed by atoms with Crippen molar-refractivity contribution in [3.63, 3.8) is 0 Å². The number of nitrogens with one attached hydrogen (secondary N) is 2. The van der Waals surface area contributed by atoms with Gasteiger partial charge in [0, 0.05) is 36.2 Å². The molecular formula is C17H26BrN3O. The SMILES string of the molecule is CCNC(=NCC1(c2ccc(Br)cc2)CCOCC1)NCC. The Labute approximate surface area is 141 Å². The first kappa shape index (κ1) is 17.3. The van der Waals surface area contributed by atoms with Gasteiger partial charge in [0.1, 0.15) is 0 Å². The van der Waals surface area contributed by atoms with E-state index in [9.17, 15) is 0 Å². The van der Waals surface area contributed by atoms with Gasteiger partial charge in [-0.2, -0.15) is 0 Å². The first-order valence-corrected chi connectivity index (χ1v) is 8.85. The summed E-state index contributed by atoms with van der Waals surface area (Å²) in [7, 11) is 0. The summed E-state index contributed by atoms with van der Waals surface area (Å²) in [6.07, 6.45) is 2.04. The monoisotopic (exact) mass is 367 g/mol. The van der Waals surface area contributed by atoms with Crippen molar-refractivity contribution in [2.75, 3.05) is 32.8 Å². The molecule has 122 valence electrons. The van der Waals surface area contributed by atoms with E-state index in [0.29, 0.717) is 0 Å². The molecule has 22 heavy (non-hydrogen) atoms. The van der Waals surface area contributed by atoms with E-state index in [0.717, 1.165) is 56.1 Å². The van der Waals surface area contributed by atoms with Crippen LogP contribution in [-0.4, -0.2) is 38.8 Å². The third-order valence-corrected chi connectivity index (χ3v) is 4.66. The highest BCUT2D eigenvalue weighted by atomic mass is 79.9. The van der Waals surface area contributed by atoms with Gasteiger partial charge in [0.2, 0.25) is 0 Å². The zero-order valence-corrected chi connectivity index (χ0v) is 15.1. The van der Waals surface area contributed by atoms with Crippen LogP contribution in [0.25, 0.3) is 0 Å². The summed E-state index contributed by atoms with van der Waals surface area (Å²) in [6, 6.07) is 8.66. The number of ether oxygens (including phenoxy) is 1. The fraction of sp³-hybridized carbons (Fsp3) is 0.588. The zero-order valence-electron chi connectivity index (χ0n) is 13.5. The van der Waals surface area contributed by atoms with E-state index in [1.54, 1.807) is 0 Å². The second-order valence-corrected chi connectivity index (χ2v) is 6.54. The minimum absolute atomic E-state index is 0.0784. The van der Waals surface area contributed by atoms with Crippen molar-refractivity contribution in [1.82, 2.24) is 10.6 Å². The van der Waals surface area contributed by atoms with Gasteiger partial charge in [-0.05, 0) is 44.4 Å². The summed E-state index contributed by atoms with van der Waals surface area (Å²) in [6.45, 7) is 8.33. The van der Waals surface area contributed by atoms with Crippen molar-refractivity contribution in [1.29, 1.82) is 0 Å². The van der Waals surface area contributed by atoms with Crippen molar-refractivity contribution >= 4 is 21.9 Å². The standard InChI is InChI=1S/C17H26BrN3O/c1-3-19-16(20-4-2)21-13-17(9-11-22-12-10-17)14-5-7-15(18)8-6-14/h5-8H,3-4,9-13H2,1-2H3,(H2,19,20,21). The lowest BCUT2D eigenvalue weighted by atomic mass is 9.74. The van der Waals surface area contributed by atoms with Gasteiger partial charge in [-0.1, -0.05) is 28.1 Å². The lowest BCUT2D eigenvalue weighted by molar-refractivity contribution is 0.0531. The molecule has 1 aliphatic rings. The number of halogens is 1.